The van der Waals surface area contributed by atoms with Crippen molar-refractivity contribution < 1.29 is 18.6 Å². The summed E-state index contributed by atoms with van der Waals surface area (Å²) in [6, 6.07) is 1.08. The van der Waals surface area contributed by atoms with Crippen LogP contribution in [0.15, 0.2) is 6.07 Å². The molecule has 5 heteroatoms. The van der Waals surface area contributed by atoms with Crippen LogP contribution >= 0.6 is 11.6 Å². The lowest BCUT2D eigenvalue weighted by Crippen LogP contribution is -2.23. The Hall–Kier alpha value is -0.870. The quantitative estimate of drug-likeness (QED) is 0.836. The first-order valence-electron chi connectivity index (χ1n) is 4.68. The van der Waals surface area contributed by atoms with Gasteiger partial charge in [0.05, 0.1) is 13.7 Å². The normalized spacial score (nSPS) is 11.7. The summed E-state index contributed by atoms with van der Waals surface area (Å²) in [5.41, 5.74) is -0.561. The molecule has 0 atom stereocenters. The van der Waals surface area contributed by atoms with E-state index in [0.717, 1.165) is 6.07 Å². The average Bonchev–Trinajstić information content (AvgIpc) is 2.25. The summed E-state index contributed by atoms with van der Waals surface area (Å²) in [4.78, 5) is 0. The zero-order valence-corrected chi connectivity index (χ0v) is 10.0. The van der Waals surface area contributed by atoms with Crippen LogP contribution in [-0.4, -0.2) is 18.8 Å². The Labute approximate surface area is 97.8 Å². The fraction of sp³-hybridized carbons (Fsp3) is 0.455. The minimum Gasteiger partial charge on any atom is -0.493 e. The van der Waals surface area contributed by atoms with Gasteiger partial charge in [0.25, 0.3) is 0 Å². The van der Waals surface area contributed by atoms with E-state index >= 15 is 0 Å². The maximum atomic E-state index is 13.6. The fourth-order valence-corrected chi connectivity index (χ4v) is 1.51. The number of benzene rings is 1. The summed E-state index contributed by atoms with van der Waals surface area (Å²) in [7, 11) is 1.27. The van der Waals surface area contributed by atoms with E-state index in [2.05, 4.69) is 0 Å². The van der Waals surface area contributed by atoms with E-state index in [1.165, 1.54) is 7.11 Å². The number of aliphatic hydroxyl groups is 1. The van der Waals surface area contributed by atoms with Gasteiger partial charge in [0.2, 0.25) is 0 Å². The Morgan fingerprint density at radius 1 is 1.44 bits per heavy atom. The zero-order chi connectivity index (χ0) is 12.5. The van der Waals surface area contributed by atoms with Crippen molar-refractivity contribution in [1.82, 2.24) is 0 Å². The largest absolute Gasteiger partial charge is 0.493 e. The lowest BCUT2D eigenvalue weighted by atomic mass is 9.84. The molecule has 0 spiro atoms. The van der Waals surface area contributed by atoms with Crippen LogP contribution in [0, 0.1) is 11.6 Å². The minimum atomic E-state index is -0.944. The van der Waals surface area contributed by atoms with E-state index in [-0.39, 0.29) is 17.9 Å². The molecule has 1 aromatic carbocycles. The standard InChI is InChI=1S/C11H13ClF2O2/c1-11(2,5-15)6-4-7(13)8(12)9(14)10(6)16-3/h4,15H,5H2,1-3H3. The number of hydrogen-bond acceptors (Lipinski definition) is 2. The van der Waals surface area contributed by atoms with Crippen LogP contribution in [0.5, 0.6) is 5.75 Å². The van der Waals surface area contributed by atoms with Crippen molar-refractivity contribution in [2.45, 2.75) is 19.3 Å². The fourth-order valence-electron chi connectivity index (χ4n) is 1.37. The molecule has 0 unspecified atom stereocenters. The second-order valence-corrected chi connectivity index (χ2v) is 4.49. The summed E-state index contributed by atoms with van der Waals surface area (Å²) in [5.74, 6) is -1.94. The van der Waals surface area contributed by atoms with Crippen LogP contribution in [0.4, 0.5) is 8.78 Å². The highest BCUT2D eigenvalue weighted by Crippen LogP contribution is 2.37. The van der Waals surface area contributed by atoms with Gasteiger partial charge in [-0.15, -0.1) is 0 Å². The molecule has 1 N–H and O–H groups in total. The third-order valence-corrected chi connectivity index (χ3v) is 2.79. The van der Waals surface area contributed by atoms with Gasteiger partial charge in [0.1, 0.15) is 10.8 Å². The molecule has 1 rings (SSSR count). The second-order valence-electron chi connectivity index (χ2n) is 4.11. The highest BCUT2D eigenvalue weighted by atomic mass is 35.5. The Kier molecular flexibility index (Phi) is 3.76. The monoisotopic (exact) mass is 250 g/mol. The lowest BCUT2D eigenvalue weighted by Gasteiger charge is -2.25. The summed E-state index contributed by atoms with van der Waals surface area (Å²) in [6.07, 6.45) is 0. The molecule has 0 aliphatic rings. The molecule has 0 aliphatic heterocycles. The average molecular weight is 251 g/mol. The first-order chi connectivity index (χ1) is 7.35. The summed E-state index contributed by atoms with van der Waals surface area (Å²) in [6.45, 7) is 3.04. The molecule has 0 fully saturated rings. The summed E-state index contributed by atoms with van der Waals surface area (Å²) >= 11 is 5.43. The van der Waals surface area contributed by atoms with Gasteiger partial charge in [-0.2, -0.15) is 0 Å². The van der Waals surface area contributed by atoms with E-state index < -0.39 is 22.1 Å². The van der Waals surface area contributed by atoms with Gasteiger partial charge >= 0.3 is 0 Å². The van der Waals surface area contributed by atoms with Gasteiger partial charge in [-0.25, -0.2) is 8.78 Å². The van der Waals surface area contributed by atoms with E-state index in [9.17, 15) is 13.9 Å². The van der Waals surface area contributed by atoms with Crippen molar-refractivity contribution in [2.24, 2.45) is 0 Å². The number of halogens is 3. The predicted molar refractivity (Wildman–Crippen MR) is 58.0 cm³/mol. The van der Waals surface area contributed by atoms with Gasteiger partial charge in [-0.1, -0.05) is 25.4 Å². The Balaban J connectivity index is 3.51. The molecule has 0 amide bonds. The molecule has 1 aromatic rings. The Bertz CT molecular complexity index is 405. The second kappa shape index (κ2) is 4.55. The maximum Gasteiger partial charge on any atom is 0.186 e. The number of aliphatic hydroxyl groups excluding tert-OH is 1. The van der Waals surface area contributed by atoms with E-state index in [1.807, 2.05) is 0 Å². The van der Waals surface area contributed by atoms with Crippen LogP contribution in [-0.2, 0) is 5.41 Å². The number of rotatable bonds is 3. The topological polar surface area (TPSA) is 29.5 Å². The zero-order valence-electron chi connectivity index (χ0n) is 9.27. The molecule has 0 saturated heterocycles. The molecular formula is C11H13ClF2O2. The van der Waals surface area contributed by atoms with E-state index in [0.29, 0.717) is 0 Å². The first kappa shape index (κ1) is 13.2. The van der Waals surface area contributed by atoms with Gasteiger partial charge in [0.15, 0.2) is 11.6 Å². The Morgan fingerprint density at radius 3 is 2.44 bits per heavy atom. The molecular weight excluding hydrogens is 238 g/mol. The highest BCUT2D eigenvalue weighted by molar-refractivity contribution is 6.31. The smallest absolute Gasteiger partial charge is 0.186 e. The molecule has 0 aliphatic carbocycles. The first-order valence-corrected chi connectivity index (χ1v) is 5.05. The van der Waals surface area contributed by atoms with Crippen LogP contribution in [0.25, 0.3) is 0 Å². The van der Waals surface area contributed by atoms with Gasteiger partial charge in [0, 0.05) is 11.0 Å². The minimum absolute atomic E-state index is 0.134. The van der Waals surface area contributed by atoms with Gasteiger partial charge < -0.3 is 9.84 Å². The van der Waals surface area contributed by atoms with Crippen molar-refractivity contribution in [3.63, 3.8) is 0 Å². The van der Waals surface area contributed by atoms with Crippen LogP contribution < -0.4 is 4.74 Å². The number of ether oxygens (including phenoxy) is 1. The van der Waals surface area contributed by atoms with E-state index in [1.54, 1.807) is 13.8 Å². The van der Waals surface area contributed by atoms with Crippen molar-refractivity contribution in [3.8, 4) is 5.75 Å². The van der Waals surface area contributed by atoms with Crippen LogP contribution in [0.2, 0.25) is 5.02 Å². The van der Waals surface area contributed by atoms with Crippen molar-refractivity contribution in [2.75, 3.05) is 13.7 Å². The number of methoxy groups -OCH3 is 1. The van der Waals surface area contributed by atoms with E-state index in [4.69, 9.17) is 16.3 Å². The third kappa shape index (κ3) is 2.13. The molecule has 90 valence electrons. The van der Waals surface area contributed by atoms with Crippen LogP contribution in [0.1, 0.15) is 19.4 Å². The molecule has 0 bridgehead atoms. The van der Waals surface area contributed by atoms with Crippen molar-refractivity contribution in [1.29, 1.82) is 0 Å². The maximum absolute atomic E-state index is 13.6. The Morgan fingerprint density at radius 2 is 2.00 bits per heavy atom. The molecule has 0 radical (unpaired) electrons. The SMILES string of the molecule is COc1c(C(C)(C)CO)cc(F)c(Cl)c1F. The third-order valence-electron chi connectivity index (χ3n) is 2.45. The van der Waals surface area contributed by atoms with Gasteiger partial charge in [-0.05, 0) is 6.07 Å². The van der Waals surface area contributed by atoms with Crippen molar-refractivity contribution in [3.05, 3.63) is 28.3 Å². The highest BCUT2D eigenvalue weighted by Gasteiger charge is 2.28. The van der Waals surface area contributed by atoms with Crippen LogP contribution in [0.3, 0.4) is 0 Å². The molecule has 0 saturated carbocycles. The molecule has 2 nitrogen and oxygen atoms in total. The summed E-state index contributed by atoms with van der Waals surface area (Å²) < 4.78 is 31.8. The molecule has 16 heavy (non-hydrogen) atoms. The molecule has 0 aromatic heterocycles. The van der Waals surface area contributed by atoms with Gasteiger partial charge in [-0.3, -0.25) is 0 Å². The predicted octanol–water partition coefficient (Wildman–Crippen LogP) is 2.90. The number of hydrogen-bond donors (Lipinski definition) is 1. The summed E-state index contributed by atoms with van der Waals surface area (Å²) in [5, 5.41) is 8.58. The molecule has 0 heterocycles. The van der Waals surface area contributed by atoms with Crippen molar-refractivity contribution >= 4 is 11.6 Å². The lowest BCUT2D eigenvalue weighted by molar-refractivity contribution is 0.213.